The van der Waals surface area contributed by atoms with Gasteiger partial charge >= 0.3 is 0 Å². The molecule has 0 spiro atoms. The van der Waals surface area contributed by atoms with Crippen LogP contribution in [0.5, 0.6) is 0 Å². The maximum absolute atomic E-state index is 12.5. The first-order chi connectivity index (χ1) is 14.8. The van der Waals surface area contributed by atoms with Crippen molar-refractivity contribution in [2.24, 2.45) is 0 Å². The quantitative estimate of drug-likeness (QED) is 0.674. The monoisotopic (exact) mass is 407 g/mol. The van der Waals surface area contributed by atoms with Crippen LogP contribution >= 0.6 is 0 Å². The van der Waals surface area contributed by atoms with Gasteiger partial charge in [0.15, 0.2) is 5.65 Å². The van der Waals surface area contributed by atoms with Crippen molar-refractivity contribution in [2.75, 3.05) is 25.0 Å². The number of likely N-dealkylation sites (tertiary alicyclic amines) is 1. The molecule has 30 heavy (non-hydrogen) atoms. The lowest BCUT2D eigenvalue weighted by atomic mass is 9.97. The Morgan fingerprint density at radius 3 is 2.97 bits per heavy atom. The van der Waals surface area contributed by atoms with E-state index < -0.39 is 0 Å². The van der Waals surface area contributed by atoms with Crippen molar-refractivity contribution in [2.45, 2.75) is 57.5 Å². The fraction of sp³-hybridized carbons (Fsp3) is 0.545. The van der Waals surface area contributed by atoms with E-state index in [9.17, 15) is 4.79 Å². The van der Waals surface area contributed by atoms with Gasteiger partial charge in [0.1, 0.15) is 5.82 Å². The minimum atomic E-state index is 0.0418. The van der Waals surface area contributed by atoms with Crippen LogP contribution in [0.1, 0.15) is 43.4 Å². The van der Waals surface area contributed by atoms with Crippen LogP contribution in [-0.4, -0.2) is 55.0 Å². The van der Waals surface area contributed by atoms with E-state index in [1.807, 2.05) is 24.4 Å². The van der Waals surface area contributed by atoms with Crippen LogP contribution in [0.3, 0.4) is 0 Å². The summed E-state index contributed by atoms with van der Waals surface area (Å²) in [5, 5.41) is 12.7. The van der Waals surface area contributed by atoms with E-state index in [1.165, 1.54) is 25.7 Å². The number of aromatic nitrogens is 5. The highest BCUT2D eigenvalue weighted by Gasteiger charge is 2.23. The Balaban J connectivity index is 1.22. The first-order valence-corrected chi connectivity index (χ1v) is 11.1. The van der Waals surface area contributed by atoms with Crippen LogP contribution in [0.25, 0.3) is 5.65 Å². The molecule has 158 valence electrons. The molecule has 1 fully saturated rings. The van der Waals surface area contributed by atoms with Gasteiger partial charge in [0, 0.05) is 37.6 Å². The molecule has 1 saturated heterocycles. The third-order valence-electron chi connectivity index (χ3n) is 6.40. The SMILES string of the molecule is O=c1cc2c(nn1CCN1CCCCC1CNc1ccc3nccn3n1)CCCC2. The lowest BCUT2D eigenvalue weighted by molar-refractivity contribution is 0.147. The number of rotatable bonds is 6. The molecule has 1 aliphatic heterocycles. The number of nitrogens with one attached hydrogen (secondary N) is 1. The Morgan fingerprint density at radius 2 is 2.00 bits per heavy atom. The van der Waals surface area contributed by atoms with Crippen molar-refractivity contribution < 1.29 is 0 Å². The van der Waals surface area contributed by atoms with Gasteiger partial charge in [-0.1, -0.05) is 6.42 Å². The molecule has 0 bridgehead atoms. The predicted molar refractivity (Wildman–Crippen MR) is 116 cm³/mol. The molecule has 0 aromatic carbocycles. The Labute approximate surface area is 175 Å². The lowest BCUT2D eigenvalue weighted by Gasteiger charge is -2.36. The van der Waals surface area contributed by atoms with Crippen LogP contribution in [0.15, 0.2) is 35.4 Å². The van der Waals surface area contributed by atoms with Crippen molar-refractivity contribution in [3.8, 4) is 0 Å². The number of piperidine rings is 1. The molecule has 0 amide bonds. The summed E-state index contributed by atoms with van der Waals surface area (Å²) in [4.78, 5) is 19.2. The Kier molecular flexibility index (Phi) is 5.48. The normalized spacial score (nSPS) is 19.7. The van der Waals surface area contributed by atoms with Gasteiger partial charge in [-0.3, -0.25) is 9.69 Å². The summed E-state index contributed by atoms with van der Waals surface area (Å²) < 4.78 is 3.47. The highest BCUT2D eigenvalue weighted by molar-refractivity contribution is 5.43. The first kappa shape index (κ1) is 19.2. The van der Waals surface area contributed by atoms with E-state index >= 15 is 0 Å². The predicted octanol–water partition coefficient (Wildman–Crippen LogP) is 2.13. The van der Waals surface area contributed by atoms with Gasteiger partial charge in [-0.2, -0.15) is 5.10 Å². The topological polar surface area (TPSA) is 80.4 Å². The molecule has 4 heterocycles. The second-order valence-corrected chi connectivity index (χ2v) is 8.40. The molecule has 8 nitrogen and oxygen atoms in total. The van der Waals surface area contributed by atoms with E-state index in [4.69, 9.17) is 0 Å². The maximum Gasteiger partial charge on any atom is 0.267 e. The van der Waals surface area contributed by atoms with Gasteiger partial charge < -0.3 is 5.32 Å². The van der Waals surface area contributed by atoms with Gasteiger partial charge in [-0.15, -0.1) is 5.10 Å². The minimum absolute atomic E-state index is 0.0418. The van der Waals surface area contributed by atoms with Gasteiger partial charge in [0.25, 0.3) is 5.56 Å². The van der Waals surface area contributed by atoms with Crippen LogP contribution in [0.2, 0.25) is 0 Å². The summed E-state index contributed by atoms with van der Waals surface area (Å²) in [6, 6.07) is 6.20. The number of nitrogens with zero attached hydrogens (tertiary/aromatic N) is 6. The number of imidazole rings is 1. The van der Waals surface area contributed by atoms with E-state index in [0.29, 0.717) is 12.6 Å². The zero-order valence-corrected chi connectivity index (χ0v) is 17.3. The van der Waals surface area contributed by atoms with Crippen LogP contribution in [-0.2, 0) is 19.4 Å². The van der Waals surface area contributed by atoms with Crippen molar-refractivity contribution in [1.82, 2.24) is 29.3 Å². The number of fused-ring (bicyclic) bond motifs is 2. The van der Waals surface area contributed by atoms with Crippen molar-refractivity contribution >= 4 is 11.5 Å². The van der Waals surface area contributed by atoms with Crippen LogP contribution < -0.4 is 10.9 Å². The Morgan fingerprint density at radius 1 is 1.07 bits per heavy atom. The lowest BCUT2D eigenvalue weighted by Crippen LogP contribution is -2.45. The smallest absolute Gasteiger partial charge is 0.267 e. The molecule has 1 unspecified atom stereocenters. The molecule has 1 aliphatic carbocycles. The van der Waals surface area contributed by atoms with Crippen LogP contribution in [0.4, 0.5) is 5.82 Å². The first-order valence-electron chi connectivity index (χ1n) is 11.1. The number of hydrogen-bond donors (Lipinski definition) is 1. The fourth-order valence-corrected chi connectivity index (χ4v) is 4.70. The van der Waals surface area contributed by atoms with Gasteiger partial charge in [-0.25, -0.2) is 14.2 Å². The Bertz CT molecular complexity index is 1070. The summed E-state index contributed by atoms with van der Waals surface area (Å²) in [7, 11) is 0. The van der Waals surface area contributed by atoms with Crippen LogP contribution in [0, 0.1) is 0 Å². The summed E-state index contributed by atoms with van der Waals surface area (Å²) in [6.45, 7) is 3.42. The summed E-state index contributed by atoms with van der Waals surface area (Å²) in [5.41, 5.74) is 3.17. The van der Waals surface area contributed by atoms with Gasteiger partial charge in [0.2, 0.25) is 0 Å². The summed E-state index contributed by atoms with van der Waals surface area (Å²) >= 11 is 0. The van der Waals surface area contributed by atoms with Crippen molar-refractivity contribution in [3.63, 3.8) is 0 Å². The molecule has 0 saturated carbocycles. The standard InChI is InChI=1S/C22H29N7O/c30-22-15-17-5-1-2-7-19(17)25-29(22)14-13-27-11-4-3-6-18(27)16-24-20-8-9-21-23-10-12-28(21)26-20/h8-10,12,15,18H,1-7,11,13-14,16H2,(H,24,26). The average molecular weight is 408 g/mol. The molecule has 3 aromatic rings. The molecule has 3 aromatic heterocycles. The third kappa shape index (κ3) is 4.09. The second kappa shape index (κ2) is 8.55. The molecular weight excluding hydrogens is 378 g/mol. The highest BCUT2D eigenvalue weighted by atomic mass is 16.1. The maximum atomic E-state index is 12.5. The van der Waals surface area contributed by atoms with E-state index in [2.05, 4.69) is 25.4 Å². The molecule has 8 heteroatoms. The second-order valence-electron chi connectivity index (χ2n) is 8.40. The largest absolute Gasteiger partial charge is 0.367 e. The number of anilines is 1. The molecule has 2 aliphatic rings. The zero-order valence-electron chi connectivity index (χ0n) is 17.3. The van der Waals surface area contributed by atoms with Crippen molar-refractivity contribution in [1.29, 1.82) is 0 Å². The molecule has 1 atom stereocenters. The summed E-state index contributed by atoms with van der Waals surface area (Å²) in [5.74, 6) is 0.860. The molecule has 5 rings (SSSR count). The minimum Gasteiger partial charge on any atom is -0.367 e. The summed E-state index contributed by atoms with van der Waals surface area (Å²) in [6.07, 6.45) is 11.6. The van der Waals surface area contributed by atoms with E-state index in [-0.39, 0.29) is 5.56 Å². The fourth-order valence-electron chi connectivity index (χ4n) is 4.70. The zero-order chi connectivity index (χ0) is 20.3. The molecule has 1 N–H and O–H groups in total. The van der Waals surface area contributed by atoms with E-state index in [1.54, 1.807) is 15.4 Å². The van der Waals surface area contributed by atoms with Gasteiger partial charge in [-0.05, 0) is 62.8 Å². The molecular formula is C22H29N7O. The van der Waals surface area contributed by atoms with Gasteiger partial charge in [0.05, 0.1) is 12.2 Å². The highest BCUT2D eigenvalue weighted by Crippen LogP contribution is 2.19. The average Bonchev–Trinajstić information content (AvgIpc) is 3.25. The van der Waals surface area contributed by atoms with E-state index in [0.717, 1.165) is 61.6 Å². The third-order valence-corrected chi connectivity index (χ3v) is 6.40. The number of aryl methyl sites for hydroxylation is 2. The Hall–Kier alpha value is -2.74. The number of hydrogen-bond acceptors (Lipinski definition) is 6. The van der Waals surface area contributed by atoms with Crippen molar-refractivity contribution in [3.05, 3.63) is 52.2 Å². The molecule has 0 radical (unpaired) electrons.